The van der Waals surface area contributed by atoms with Crippen LogP contribution in [0.4, 0.5) is 5.82 Å². The average molecular weight is 483 g/mol. The Kier molecular flexibility index (Phi) is 6.16. The third-order valence-corrected chi connectivity index (χ3v) is 5.64. The van der Waals surface area contributed by atoms with E-state index in [1.165, 1.54) is 13.4 Å². The highest BCUT2D eigenvalue weighted by molar-refractivity contribution is 5.98. The minimum Gasteiger partial charge on any atom is -0.496 e. The summed E-state index contributed by atoms with van der Waals surface area (Å²) < 4.78 is 13.1. The number of para-hydroxylation sites is 1. The number of benzene rings is 3. The first-order chi connectivity index (χ1) is 17.6. The van der Waals surface area contributed by atoms with Crippen LogP contribution in [0.15, 0.2) is 79.1 Å². The Morgan fingerprint density at radius 2 is 1.78 bits per heavy atom. The number of carbonyl (C=O) groups excluding carboxylic acids is 1. The summed E-state index contributed by atoms with van der Waals surface area (Å²) in [5, 5.41) is 14.3. The van der Waals surface area contributed by atoms with Crippen LogP contribution in [0.2, 0.25) is 0 Å². The monoisotopic (exact) mass is 482 g/mol. The van der Waals surface area contributed by atoms with Crippen LogP contribution in [0, 0.1) is 0 Å². The molecule has 5 aromatic rings. The number of aromatic nitrogens is 4. The van der Waals surface area contributed by atoms with Gasteiger partial charge >= 0.3 is 0 Å². The number of nitrogens with one attached hydrogen (secondary N) is 1. The molecule has 0 bridgehead atoms. The fraction of sp³-hybridized carbons (Fsp3) is 0.0769. The lowest BCUT2D eigenvalue weighted by molar-refractivity contribution is 0.0706. The number of carbonyl (C=O) groups is 1. The zero-order valence-corrected chi connectivity index (χ0v) is 19.3. The lowest BCUT2D eigenvalue weighted by Crippen LogP contribution is -2.18. The molecule has 0 saturated heterocycles. The second kappa shape index (κ2) is 9.72. The van der Waals surface area contributed by atoms with Gasteiger partial charge in [0.15, 0.2) is 5.65 Å². The molecule has 36 heavy (non-hydrogen) atoms. The largest absolute Gasteiger partial charge is 0.496 e. The lowest BCUT2D eigenvalue weighted by atomic mass is 10.1. The highest BCUT2D eigenvalue weighted by Crippen LogP contribution is 2.33. The number of ether oxygens (including phenoxy) is 2. The van der Waals surface area contributed by atoms with Crippen LogP contribution in [-0.4, -0.2) is 38.0 Å². The molecule has 0 fully saturated rings. The van der Waals surface area contributed by atoms with Gasteiger partial charge in [-0.2, -0.15) is 5.10 Å². The van der Waals surface area contributed by atoms with Crippen molar-refractivity contribution in [3.8, 4) is 28.5 Å². The Labute approximate surface area is 205 Å². The molecule has 0 saturated carbocycles. The van der Waals surface area contributed by atoms with E-state index < -0.39 is 5.91 Å². The van der Waals surface area contributed by atoms with E-state index in [9.17, 15) is 4.79 Å². The van der Waals surface area contributed by atoms with Crippen molar-refractivity contribution < 1.29 is 19.5 Å². The fourth-order valence-electron chi connectivity index (χ4n) is 3.89. The summed E-state index contributed by atoms with van der Waals surface area (Å²) in [4.78, 5) is 20.4. The molecule has 0 aliphatic heterocycles. The molecule has 0 unspecified atom stereocenters. The number of methoxy groups -OCH3 is 1. The number of hydrogen-bond donors (Lipinski definition) is 3. The van der Waals surface area contributed by atoms with Crippen LogP contribution in [0.1, 0.15) is 15.9 Å². The Morgan fingerprint density at radius 3 is 2.50 bits per heavy atom. The first kappa shape index (κ1) is 22.8. The molecular formula is C26H22N6O4. The highest BCUT2D eigenvalue weighted by atomic mass is 16.5. The molecule has 0 spiro atoms. The number of anilines is 1. The number of nitrogens with two attached hydrogens (primary N) is 1. The van der Waals surface area contributed by atoms with Crippen LogP contribution in [0.5, 0.6) is 17.2 Å². The van der Waals surface area contributed by atoms with Gasteiger partial charge < -0.3 is 15.2 Å². The molecule has 2 aromatic heterocycles. The van der Waals surface area contributed by atoms with Crippen molar-refractivity contribution in [1.29, 1.82) is 0 Å². The highest BCUT2D eigenvalue weighted by Gasteiger charge is 2.19. The number of amides is 1. The van der Waals surface area contributed by atoms with Gasteiger partial charge in [0.2, 0.25) is 0 Å². The summed E-state index contributed by atoms with van der Waals surface area (Å²) in [7, 11) is 1.51. The standard InChI is InChI=1S/C26H22N6O4/c1-35-21-13-17(26(33)31-34)7-8-18(21)14-32-25-22(24(27)28-15-29-25)23(30-32)16-9-11-20(12-10-16)36-19-5-3-2-4-6-19/h2-13,15,34H,14H2,1H3,(H,31,33)(H2,27,28,29). The van der Waals surface area contributed by atoms with Crippen molar-refractivity contribution >= 4 is 22.8 Å². The van der Waals surface area contributed by atoms with Crippen molar-refractivity contribution in [3.05, 3.63) is 90.3 Å². The van der Waals surface area contributed by atoms with Crippen LogP contribution >= 0.6 is 0 Å². The van der Waals surface area contributed by atoms with E-state index in [1.54, 1.807) is 28.4 Å². The second-order valence-corrected chi connectivity index (χ2v) is 7.87. The van der Waals surface area contributed by atoms with E-state index in [0.717, 1.165) is 16.9 Å². The van der Waals surface area contributed by atoms with E-state index in [0.29, 0.717) is 40.6 Å². The van der Waals surface area contributed by atoms with Crippen molar-refractivity contribution in [1.82, 2.24) is 25.2 Å². The molecule has 2 heterocycles. The summed E-state index contributed by atoms with van der Waals surface area (Å²) in [6.45, 7) is 0.298. The normalized spacial score (nSPS) is 10.8. The van der Waals surface area contributed by atoms with E-state index >= 15 is 0 Å². The molecule has 0 atom stereocenters. The van der Waals surface area contributed by atoms with Gasteiger partial charge in [0, 0.05) is 16.7 Å². The number of nitrogens with zero attached hydrogens (tertiary/aromatic N) is 4. The van der Waals surface area contributed by atoms with Gasteiger partial charge in [-0.15, -0.1) is 0 Å². The summed E-state index contributed by atoms with van der Waals surface area (Å²) in [5.41, 5.74) is 10.9. The van der Waals surface area contributed by atoms with Gasteiger partial charge in [-0.1, -0.05) is 24.3 Å². The zero-order chi connectivity index (χ0) is 25.1. The van der Waals surface area contributed by atoms with Crippen LogP contribution < -0.4 is 20.7 Å². The molecular weight excluding hydrogens is 460 g/mol. The smallest absolute Gasteiger partial charge is 0.274 e. The predicted molar refractivity (Wildman–Crippen MR) is 133 cm³/mol. The van der Waals surface area contributed by atoms with E-state index in [-0.39, 0.29) is 5.56 Å². The molecule has 3 aromatic carbocycles. The summed E-state index contributed by atoms with van der Waals surface area (Å²) in [6.07, 6.45) is 1.39. The number of hydrogen-bond acceptors (Lipinski definition) is 8. The van der Waals surface area contributed by atoms with Gasteiger partial charge in [0.05, 0.1) is 19.0 Å². The molecule has 1 amide bonds. The molecule has 10 nitrogen and oxygen atoms in total. The van der Waals surface area contributed by atoms with Crippen molar-refractivity contribution in [3.63, 3.8) is 0 Å². The number of fused-ring (bicyclic) bond motifs is 1. The molecule has 180 valence electrons. The van der Waals surface area contributed by atoms with Gasteiger partial charge in [-0.05, 0) is 48.5 Å². The third kappa shape index (κ3) is 4.40. The third-order valence-electron chi connectivity index (χ3n) is 5.64. The minimum atomic E-state index is -0.633. The summed E-state index contributed by atoms with van der Waals surface area (Å²) in [5.74, 6) is 1.58. The van der Waals surface area contributed by atoms with E-state index in [2.05, 4.69) is 9.97 Å². The predicted octanol–water partition coefficient (Wildman–Crippen LogP) is 4.04. The second-order valence-electron chi connectivity index (χ2n) is 7.87. The minimum absolute atomic E-state index is 0.258. The Bertz CT molecular complexity index is 1530. The number of nitrogen functional groups attached to an aromatic ring is 1. The maximum Gasteiger partial charge on any atom is 0.274 e. The van der Waals surface area contributed by atoms with Crippen molar-refractivity contribution in [2.45, 2.75) is 6.54 Å². The summed E-state index contributed by atoms with van der Waals surface area (Å²) >= 11 is 0. The molecule has 0 aliphatic rings. The van der Waals surface area contributed by atoms with Gasteiger partial charge in [-0.3, -0.25) is 10.0 Å². The van der Waals surface area contributed by atoms with Crippen LogP contribution in [0.25, 0.3) is 22.3 Å². The molecule has 0 radical (unpaired) electrons. The molecule has 5 rings (SSSR count). The maximum absolute atomic E-state index is 11.8. The van der Waals surface area contributed by atoms with E-state index in [1.807, 2.05) is 54.6 Å². The molecule has 4 N–H and O–H groups in total. The van der Waals surface area contributed by atoms with Crippen LogP contribution in [-0.2, 0) is 6.54 Å². The van der Waals surface area contributed by atoms with Crippen molar-refractivity contribution in [2.75, 3.05) is 12.8 Å². The number of hydroxylamine groups is 1. The molecule has 10 heteroatoms. The van der Waals surface area contributed by atoms with Gasteiger partial charge in [-0.25, -0.2) is 20.1 Å². The Morgan fingerprint density at radius 1 is 1.03 bits per heavy atom. The Balaban J connectivity index is 1.51. The van der Waals surface area contributed by atoms with Gasteiger partial charge in [0.25, 0.3) is 5.91 Å². The van der Waals surface area contributed by atoms with E-state index in [4.69, 9.17) is 25.5 Å². The Hall–Kier alpha value is -4.96. The SMILES string of the molecule is COc1cc(C(=O)NO)ccc1Cn1nc(-c2ccc(Oc3ccccc3)cc2)c2c(N)ncnc21. The maximum atomic E-state index is 11.8. The van der Waals surface area contributed by atoms with Gasteiger partial charge in [0.1, 0.15) is 35.1 Å². The van der Waals surface area contributed by atoms with Crippen LogP contribution in [0.3, 0.4) is 0 Å². The quantitative estimate of drug-likeness (QED) is 0.233. The van der Waals surface area contributed by atoms with Crippen molar-refractivity contribution in [2.24, 2.45) is 0 Å². The fourth-order valence-corrected chi connectivity index (χ4v) is 3.89. The lowest BCUT2D eigenvalue weighted by Gasteiger charge is -2.11. The number of rotatable bonds is 7. The first-order valence-electron chi connectivity index (χ1n) is 11.0. The topological polar surface area (TPSA) is 137 Å². The first-order valence-corrected chi connectivity index (χ1v) is 11.0. The molecule has 0 aliphatic carbocycles. The summed E-state index contributed by atoms with van der Waals surface area (Å²) in [6, 6.07) is 21.9. The zero-order valence-electron chi connectivity index (χ0n) is 19.3. The average Bonchev–Trinajstić information content (AvgIpc) is 3.29.